The molecule has 182 valence electrons. The standard InChI is InChI=1S/C27H29N3O5/c31-25-11-10-23(26(32)28-25)30-13-22-21(27(30)33)2-1-3-24(22)35-14-18-6-4-17(5-7-18)12-29-19-8-9-20(29)16-34-15-19/h1-7,19-20,23H,8-16H2,(H,28,31,32)/t19-,20?,23?/m1/s1. The summed E-state index contributed by atoms with van der Waals surface area (Å²) in [5, 5.41) is 2.34. The predicted molar refractivity (Wildman–Crippen MR) is 126 cm³/mol. The molecular formula is C27H29N3O5. The summed E-state index contributed by atoms with van der Waals surface area (Å²) in [7, 11) is 0. The summed E-state index contributed by atoms with van der Waals surface area (Å²) in [6, 6.07) is 14.4. The number of amides is 3. The van der Waals surface area contributed by atoms with Gasteiger partial charge in [0.05, 0.1) is 19.8 Å². The molecule has 1 N–H and O–H groups in total. The van der Waals surface area contributed by atoms with E-state index in [1.807, 2.05) is 6.07 Å². The van der Waals surface area contributed by atoms with Gasteiger partial charge in [-0.3, -0.25) is 24.6 Å². The van der Waals surface area contributed by atoms with Crippen molar-refractivity contribution in [2.24, 2.45) is 0 Å². The molecule has 0 aliphatic carbocycles. The topological polar surface area (TPSA) is 88.2 Å². The first-order chi connectivity index (χ1) is 17.1. The van der Waals surface area contributed by atoms with Crippen molar-refractivity contribution in [1.82, 2.24) is 15.1 Å². The van der Waals surface area contributed by atoms with Crippen molar-refractivity contribution >= 4 is 17.7 Å². The first kappa shape index (κ1) is 22.2. The van der Waals surface area contributed by atoms with Gasteiger partial charge in [-0.1, -0.05) is 30.3 Å². The van der Waals surface area contributed by atoms with Crippen molar-refractivity contribution in [2.45, 2.75) is 63.5 Å². The third-order valence-corrected chi connectivity index (χ3v) is 7.71. The molecule has 8 heteroatoms. The Morgan fingerprint density at radius 2 is 1.69 bits per heavy atom. The summed E-state index contributed by atoms with van der Waals surface area (Å²) in [5.41, 5.74) is 3.70. The largest absolute Gasteiger partial charge is 0.489 e. The van der Waals surface area contributed by atoms with E-state index >= 15 is 0 Å². The number of nitrogens with one attached hydrogen (secondary N) is 1. The Kier molecular flexibility index (Phi) is 5.78. The van der Waals surface area contributed by atoms with Crippen LogP contribution in [0.2, 0.25) is 0 Å². The Hall–Kier alpha value is -3.23. The quantitative estimate of drug-likeness (QED) is 0.646. The minimum Gasteiger partial charge on any atom is -0.489 e. The zero-order valence-corrected chi connectivity index (χ0v) is 19.6. The average molecular weight is 476 g/mol. The number of nitrogens with zero attached hydrogens (tertiary/aromatic N) is 2. The first-order valence-electron chi connectivity index (χ1n) is 12.4. The van der Waals surface area contributed by atoms with Gasteiger partial charge in [-0.25, -0.2) is 0 Å². The molecule has 8 nitrogen and oxygen atoms in total. The van der Waals surface area contributed by atoms with E-state index < -0.39 is 11.9 Å². The van der Waals surface area contributed by atoms with Gasteiger partial charge in [0.2, 0.25) is 11.8 Å². The lowest BCUT2D eigenvalue weighted by Crippen LogP contribution is -2.52. The number of imide groups is 1. The number of benzene rings is 2. The Morgan fingerprint density at radius 1 is 0.943 bits per heavy atom. The number of piperidine rings is 1. The average Bonchev–Trinajstić information content (AvgIpc) is 3.29. The third-order valence-electron chi connectivity index (χ3n) is 7.71. The highest BCUT2D eigenvalue weighted by Crippen LogP contribution is 2.34. The number of morpholine rings is 1. The van der Waals surface area contributed by atoms with Crippen LogP contribution in [0.1, 0.15) is 52.7 Å². The van der Waals surface area contributed by atoms with Crippen LogP contribution in [0.25, 0.3) is 0 Å². The number of ether oxygens (including phenoxy) is 2. The molecule has 3 atom stereocenters. The molecule has 3 fully saturated rings. The fourth-order valence-corrected chi connectivity index (χ4v) is 5.78. The monoisotopic (exact) mass is 475 g/mol. The molecule has 4 aliphatic heterocycles. The lowest BCUT2D eigenvalue weighted by Gasteiger charge is -2.34. The number of hydrogen-bond donors (Lipinski definition) is 1. The van der Waals surface area contributed by atoms with Crippen LogP contribution in [-0.2, 0) is 34.0 Å². The predicted octanol–water partition coefficient (Wildman–Crippen LogP) is 2.39. The molecule has 2 unspecified atom stereocenters. The third kappa shape index (κ3) is 4.21. The van der Waals surface area contributed by atoms with Crippen LogP contribution in [-0.4, -0.2) is 58.9 Å². The lowest BCUT2D eigenvalue weighted by atomic mass is 10.0. The van der Waals surface area contributed by atoms with Crippen molar-refractivity contribution < 1.29 is 23.9 Å². The second-order valence-corrected chi connectivity index (χ2v) is 9.88. The highest BCUT2D eigenvalue weighted by molar-refractivity contribution is 6.05. The van der Waals surface area contributed by atoms with Crippen LogP contribution in [0, 0.1) is 0 Å². The molecule has 2 aromatic carbocycles. The van der Waals surface area contributed by atoms with Gasteiger partial charge in [0, 0.05) is 36.2 Å². The van der Waals surface area contributed by atoms with Crippen LogP contribution in [0.5, 0.6) is 5.75 Å². The maximum Gasteiger partial charge on any atom is 0.255 e. The van der Waals surface area contributed by atoms with E-state index in [1.165, 1.54) is 18.4 Å². The molecule has 0 spiro atoms. The molecule has 0 aromatic heterocycles. The van der Waals surface area contributed by atoms with Gasteiger partial charge in [-0.05, 0) is 42.5 Å². The molecular weight excluding hydrogens is 446 g/mol. The first-order valence-corrected chi connectivity index (χ1v) is 12.4. The van der Waals surface area contributed by atoms with Gasteiger partial charge in [-0.2, -0.15) is 0 Å². The summed E-state index contributed by atoms with van der Waals surface area (Å²) in [6.45, 7) is 3.33. The van der Waals surface area contributed by atoms with Crippen molar-refractivity contribution in [3.8, 4) is 5.75 Å². The number of hydrogen-bond acceptors (Lipinski definition) is 6. The maximum absolute atomic E-state index is 13.0. The van der Waals surface area contributed by atoms with Crippen LogP contribution in [0.3, 0.4) is 0 Å². The minimum absolute atomic E-state index is 0.193. The molecule has 3 saturated heterocycles. The van der Waals surface area contributed by atoms with Crippen LogP contribution < -0.4 is 10.1 Å². The summed E-state index contributed by atoms with van der Waals surface area (Å²) < 4.78 is 11.8. The van der Waals surface area contributed by atoms with Gasteiger partial charge >= 0.3 is 0 Å². The molecule has 2 bridgehead atoms. The fourth-order valence-electron chi connectivity index (χ4n) is 5.78. The molecule has 6 rings (SSSR count). The summed E-state index contributed by atoms with van der Waals surface area (Å²) in [4.78, 5) is 40.9. The zero-order chi connectivity index (χ0) is 23.9. The van der Waals surface area contributed by atoms with Crippen LogP contribution >= 0.6 is 0 Å². The lowest BCUT2D eigenvalue weighted by molar-refractivity contribution is -0.136. The fraction of sp³-hybridized carbons (Fsp3) is 0.444. The van der Waals surface area contributed by atoms with Crippen molar-refractivity contribution in [3.05, 3.63) is 64.7 Å². The molecule has 3 amide bonds. The van der Waals surface area contributed by atoms with E-state index in [2.05, 4.69) is 34.5 Å². The number of rotatable bonds is 6. The van der Waals surface area contributed by atoms with Gasteiger partial charge in [0.1, 0.15) is 18.4 Å². The highest BCUT2D eigenvalue weighted by atomic mass is 16.5. The van der Waals surface area contributed by atoms with E-state index in [0.29, 0.717) is 43.0 Å². The normalized spacial score (nSPS) is 26.1. The van der Waals surface area contributed by atoms with E-state index in [1.54, 1.807) is 17.0 Å². The van der Waals surface area contributed by atoms with E-state index in [-0.39, 0.29) is 18.2 Å². The number of carbonyl (C=O) groups excluding carboxylic acids is 3. The minimum atomic E-state index is -0.630. The highest BCUT2D eigenvalue weighted by Gasteiger charge is 2.40. The second kappa shape index (κ2) is 9.09. The SMILES string of the molecule is O=C1CCC(N2Cc3c(OCc4ccc(CN5C6CC[C@@H]5COC6)cc4)cccc3C2=O)C(=O)N1. The van der Waals surface area contributed by atoms with E-state index in [0.717, 1.165) is 30.9 Å². The molecule has 35 heavy (non-hydrogen) atoms. The molecule has 0 saturated carbocycles. The maximum atomic E-state index is 13.0. The summed E-state index contributed by atoms with van der Waals surface area (Å²) in [5.74, 6) is -0.237. The smallest absolute Gasteiger partial charge is 0.255 e. The summed E-state index contributed by atoms with van der Waals surface area (Å²) >= 11 is 0. The number of carbonyl (C=O) groups is 3. The van der Waals surface area contributed by atoms with Gasteiger partial charge < -0.3 is 14.4 Å². The van der Waals surface area contributed by atoms with Crippen LogP contribution in [0.15, 0.2) is 42.5 Å². The Morgan fingerprint density at radius 3 is 2.43 bits per heavy atom. The van der Waals surface area contributed by atoms with Crippen molar-refractivity contribution in [3.63, 3.8) is 0 Å². The van der Waals surface area contributed by atoms with E-state index in [9.17, 15) is 14.4 Å². The molecule has 2 aromatic rings. The Balaban J connectivity index is 1.10. The number of fused-ring (bicyclic) bond motifs is 3. The zero-order valence-electron chi connectivity index (χ0n) is 19.6. The van der Waals surface area contributed by atoms with Gasteiger partial charge in [0.15, 0.2) is 0 Å². The Labute approximate surface area is 204 Å². The second-order valence-electron chi connectivity index (χ2n) is 9.88. The van der Waals surface area contributed by atoms with E-state index in [4.69, 9.17) is 9.47 Å². The van der Waals surface area contributed by atoms with Crippen molar-refractivity contribution in [1.29, 1.82) is 0 Å². The molecule has 0 radical (unpaired) electrons. The molecule has 4 aliphatic rings. The van der Waals surface area contributed by atoms with Gasteiger partial charge in [-0.15, -0.1) is 0 Å². The Bertz CT molecular complexity index is 1150. The molecule has 4 heterocycles. The van der Waals surface area contributed by atoms with Gasteiger partial charge in [0.25, 0.3) is 5.91 Å². The summed E-state index contributed by atoms with van der Waals surface area (Å²) in [6.07, 6.45) is 3.03. The van der Waals surface area contributed by atoms with Crippen LogP contribution in [0.4, 0.5) is 0 Å². The van der Waals surface area contributed by atoms with Crippen molar-refractivity contribution in [2.75, 3.05) is 13.2 Å².